The molecule has 0 heterocycles. The molecule has 2 aromatic rings. The van der Waals surface area contributed by atoms with Gasteiger partial charge in [0.2, 0.25) is 0 Å². The SMILES string of the molecule is CCCOc1ccc(CN(CCC)C(=O)c2cccc([N+](=O)[O-])c2)cc1OC. The Hall–Kier alpha value is -3.09. The van der Waals surface area contributed by atoms with Gasteiger partial charge in [-0.3, -0.25) is 14.9 Å². The van der Waals surface area contributed by atoms with Crippen molar-refractivity contribution in [2.75, 3.05) is 20.3 Å². The molecule has 0 aromatic heterocycles. The van der Waals surface area contributed by atoms with Crippen LogP contribution in [0, 0.1) is 10.1 Å². The standard InChI is InChI=1S/C21H26N2O5/c1-4-11-22(21(24)17-7-6-8-18(14-17)23(25)26)15-16-9-10-19(28-12-5-2)20(13-16)27-3/h6-10,13-14H,4-5,11-12,15H2,1-3H3. The van der Waals surface area contributed by atoms with Gasteiger partial charge in [-0.2, -0.15) is 0 Å². The van der Waals surface area contributed by atoms with E-state index in [2.05, 4.69) is 0 Å². The Kier molecular flexibility index (Phi) is 7.80. The van der Waals surface area contributed by atoms with Crippen LogP contribution >= 0.6 is 0 Å². The van der Waals surface area contributed by atoms with Crippen LogP contribution in [0.4, 0.5) is 5.69 Å². The van der Waals surface area contributed by atoms with Crippen LogP contribution in [0.25, 0.3) is 0 Å². The van der Waals surface area contributed by atoms with Crippen LogP contribution in [-0.4, -0.2) is 36.0 Å². The maximum absolute atomic E-state index is 12.9. The maximum Gasteiger partial charge on any atom is 0.270 e. The molecule has 0 saturated carbocycles. The molecule has 2 rings (SSSR count). The molecule has 0 fully saturated rings. The summed E-state index contributed by atoms with van der Waals surface area (Å²) >= 11 is 0. The molecule has 0 spiro atoms. The molecule has 0 N–H and O–H groups in total. The number of carbonyl (C=O) groups is 1. The van der Waals surface area contributed by atoms with E-state index in [4.69, 9.17) is 9.47 Å². The van der Waals surface area contributed by atoms with Crippen molar-refractivity contribution < 1.29 is 19.2 Å². The average Bonchev–Trinajstić information content (AvgIpc) is 2.71. The topological polar surface area (TPSA) is 81.9 Å². The first-order valence-corrected chi connectivity index (χ1v) is 9.33. The number of rotatable bonds is 10. The highest BCUT2D eigenvalue weighted by molar-refractivity contribution is 5.94. The zero-order valence-electron chi connectivity index (χ0n) is 16.5. The minimum atomic E-state index is -0.499. The third kappa shape index (κ3) is 5.45. The fourth-order valence-electron chi connectivity index (χ4n) is 2.82. The van der Waals surface area contributed by atoms with Crippen LogP contribution in [0.1, 0.15) is 42.6 Å². The molecule has 7 nitrogen and oxygen atoms in total. The quantitative estimate of drug-likeness (QED) is 0.445. The molecular weight excluding hydrogens is 360 g/mol. The number of nitrogens with zero attached hydrogens (tertiary/aromatic N) is 2. The second-order valence-electron chi connectivity index (χ2n) is 6.37. The van der Waals surface area contributed by atoms with E-state index in [0.717, 1.165) is 18.4 Å². The van der Waals surface area contributed by atoms with Crippen molar-refractivity contribution in [3.05, 3.63) is 63.7 Å². The summed E-state index contributed by atoms with van der Waals surface area (Å²) in [7, 11) is 1.58. The minimum Gasteiger partial charge on any atom is -0.493 e. The highest BCUT2D eigenvalue weighted by Gasteiger charge is 2.19. The van der Waals surface area contributed by atoms with Crippen LogP contribution in [0.5, 0.6) is 11.5 Å². The smallest absolute Gasteiger partial charge is 0.270 e. The number of non-ortho nitro benzene ring substituents is 1. The van der Waals surface area contributed by atoms with E-state index in [9.17, 15) is 14.9 Å². The molecule has 1 amide bonds. The molecule has 28 heavy (non-hydrogen) atoms. The summed E-state index contributed by atoms with van der Waals surface area (Å²) in [6, 6.07) is 11.4. The normalized spacial score (nSPS) is 10.4. The second-order valence-corrected chi connectivity index (χ2v) is 6.37. The van der Waals surface area contributed by atoms with E-state index in [0.29, 0.717) is 36.8 Å². The van der Waals surface area contributed by atoms with Gasteiger partial charge >= 0.3 is 0 Å². The summed E-state index contributed by atoms with van der Waals surface area (Å²) in [5.74, 6) is 1.04. The number of ether oxygens (including phenoxy) is 2. The van der Waals surface area contributed by atoms with Gasteiger partial charge in [0, 0.05) is 30.8 Å². The van der Waals surface area contributed by atoms with Gasteiger partial charge in [0.1, 0.15) is 0 Å². The zero-order valence-corrected chi connectivity index (χ0v) is 16.5. The van der Waals surface area contributed by atoms with Gasteiger partial charge < -0.3 is 14.4 Å². The predicted octanol–water partition coefficient (Wildman–Crippen LogP) is 4.44. The van der Waals surface area contributed by atoms with Crippen LogP contribution < -0.4 is 9.47 Å². The Bertz CT molecular complexity index is 822. The Morgan fingerprint density at radius 3 is 2.54 bits per heavy atom. The second kappa shape index (κ2) is 10.3. The fourth-order valence-corrected chi connectivity index (χ4v) is 2.82. The monoisotopic (exact) mass is 386 g/mol. The molecule has 0 saturated heterocycles. The largest absolute Gasteiger partial charge is 0.493 e. The Morgan fingerprint density at radius 2 is 1.89 bits per heavy atom. The number of hydrogen-bond donors (Lipinski definition) is 0. The molecule has 0 aliphatic rings. The predicted molar refractivity (Wildman–Crippen MR) is 107 cm³/mol. The molecular formula is C21H26N2O5. The van der Waals surface area contributed by atoms with Gasteiger partial charge in [0.15, 0.2) is 11.5 Å². The zero-order chi connectivity index (χ0) is 20.5. The van der Waals surface area contributed by atoms with Crippen molar-refractivity contribution >= 4 is 11.6 Å². The van der Waals surface area contributed by atoms with Crippen LogP contribution in [0.3, 0.4) is 0 Å². The van der Waals surface area contributed by atoms with Gasteiger partial charge in [-0.25, -0.2) is 0 Å². The highest BCUT2D eigenvalue weighted by atomic mass is 16.6. The molecule has 0 aliphatic carbocycles. The molecule has 2 aromatic carbocycles. The highest BCUT2D eigenvalue weighted by Crippen LogP contribution is 2.29. The average molecular weight is 386 g/mol. The molecule has 0 atom stereocenters. The van der Waals surface area contributed by atoms with Gasteiger partial charge in [0.05, 0.1) is 18.6 Å². The van der Waals surface area contributed by atoms with E-state index in [-0.39, 0.29) is 11.6 Å². The summed E-state index contributed by atoms with van der Waals surface area (Å²) in [6.07, 6.45) is 1.67. The Morgan fingerprint density at radius 1 is 1.11 bits per heavy atom. The number of nitro groups is 1. The van der Waals surface area contributed by atoms with Crippen molar-refractivity contribution in [1.29, 1.82) is 0 Å². The summed E-state index contributed by atoms with van der Waals surface area (Å²) < 4.78 is 11.1. The van der Waals surface area contributed by atoms with Crippen LogP contribution in [-0.2, 0) is 6.54 Å². The first-order valence-electron chi connectivity index (χ1n) is 9.33. The van der Waals surface area contributed by atoms with Gasteiger partial charge in [-0.05, 0) is 36.6 Å². The van der Waals surface area contributed by atoms with Crippen molar-refractivity contribution in [3.63, 3.8) is 0 Å². The molecule has 0 bridgehead atoms. The molecule has 150 valence electrons. The van der Waals surface area contributed by atoms with E-state index in [1.807, 2.05) is 32.0 Å². The van der Waals surface area contributed by atoms with Gasteiger partial charge in [-0.15, -0.1) is 0 Å². The van der Waals surface area contributed by atoms with Crippen molar-refractivity contribution in [3.8, 4) is 11.5 Å². The lowest BCUT2D eigenvalue weighted by molar-refractivity contribution is -0.384. The number of methoxy groups -OCH3 is 1. The fraction of sp³-hybridized carbons (Fsp3) is 0.381. The number of carbonyl (C=O) groups excluding carboxylic acids is 1. The third-order valence-corrected chi connectivity index (χ3v) is 4.15. The van der Waals surface area contributed by atoms with E-state index >= 15 is 0 Å². The molecule has 0 aliphatic heterocycles. The van der Waals surface area contributed by atoms with E-state index < -0.39 is 4.92 Å². The Labute approximate surface area is 165 Å². The van der Waals surface area contributed by atoms with Crippen molar-refractivity contribution in [1.82, 2.24) is 4.90 Å². The summed E-state index contributed by atoms with van der Waals surface area (Å²) in [5.41, 5.74) is 1.10. The molecule has 0 unspecified atom stereocenters. The first kappa shape index (κ1) is 21.2. The summed E-state index contributed by atoms with van der Waals surface area (Å²) in [5, 5.41) is 11.0. The van der Waals surface area contributed by atoms with E-state index in [1.165, 1.54) is 18.2 Å². The van der Waals surface area contributed by atoms with Crippen LogP contribution in [0.2, 0.25) is 0 Å². The van der Waals surface area contributed by atoms with Gasteiger partial charge in [0.25, 0.3) is 11.6 Å². The van der Waals surface area contributed by atoms with Crippen molar-refractivity contribution in [2.24, 2.45) is 0 Å². The number of amides is 1. The minimum absolute atomic E-state index is 0.0959. The Balaban J connectivity index is 2.23. The van der Waals surface area contributed by atoms with Gasteiger partial charge in [-0.1, -0.05) is 26.0 Å². The maximum atomic E-state index is 12.9. The molecule has 0 radical (unpaired) electrons. The van der Waals surface area contributed by atoms with Crippen molar-refractivity contribution in [2.45, 2.75) is 33.2 Å². The third-order valence-electron chi connectivity index (χ3n) is 4.15. The summed E-state index contributed by atoms with van der Waals surface area (Å²) in [6.45, 7) is 5.53. The number of hydrogen-bond acceptors (Lipinski definition) is 5. The molecule has 7 heteroatoms. The number of nitro benzene ring substituents is 1. The lowest BCUT2D eigenvalue weighted by atomic mass is 10.1. The summed E-state index contributed by atoms with van der Waals surface area (Å²) in [4.78, 5) is 25.1. The number of benzene rings is 2. The van der Waals surface area contributed by atoms with E-state index in [1.54, 1.807) is 18.1 Å². The van der Waals surface area contributed by atoms with Crippen LogP contribution in [0.15, 0.2) is 42.5 Å². The lowest BCUT2D eigenvalue weighted by Gasteiger charge is -2.23. The lowest BCUT2D eigenvalue weighted by Crippen LogP contribution is -2.31. The first-order chi connectivity index (χ1) is 13.5.